The molecule has 0 amide bonds. The maximum absolute atomic E-state index is 6.01. The zero-order valence-corrected chi connectivity index (χ0v) is 9.85. The fourth-order valence-corrected chi connectivity index (χ4v) is 2.97. The molecule has 0 N–H and O–H groups in total. The molecule has 2 heteroatoms. The molecule has 1 fully saturated rings. The topological polar surface area (TPSA) is 3.24 Å². The van der Waals surface area contributed by atoms with Gasteiger partial charge in [-0.2, -0.15) is 0 Å². The molecule has 1 saturated heterocycles. The Bertz CT molecular complexity index is 145. The zero-order chi connectivity index (χ0) is 9.84. The molecule has 0 aromatic heterocycles. The van der Waals surface area contributed by atoms with E-state index >= 15 is 0 Å². The molecule has 1 nitrogen and oxygen atoms in total. The second kappa shape index (κ2) is 5.21. The van der Waals surface area contributed by atoms with Crippen LogP contribution in [0, 0.1) is 5.92 Å². The Morgan fingerprint density at radius 3 is 2.46 bits per heavy atom. The van der Waals surface area contributed by atoms with Gasteiger partial charge in [0.15, 0.2) is 0 Å². The minimum atomic E-state index is 0.631. The Morgan fingerprint density at radius 2 is 2.00 bits per heavy atom. The third kappa shape index (κ3) is 2.38. The molecular formula is C11H22ClN. The van der Waals surface area contributed by atoms with Gasteiger partial charge >= 0.3 is 0 Å². The summed E-state index contributed by atoms with van der Waals surface area (Å²) >= 11 is 6.01. The molecule has 0 bridgehead atoms. The predicted molar refractivity (Wildman–Crippen MR) is 59.4 cm³/mol. The average molecular weight is 204 g/mol. The number of nitrogens with zero attached hydrogens (tertiary/aromatic N) is 1. The Morgan fingerprint density at radius 1 is 1.38 bits per heavy atom. The second-order valence-corrected chi connectivity index (χ2v) is 4.50. The molecular weight excluding hydrogens is 182 g/mol. The van der Waals surface area contributed by atoms with Crippen molar-refractivity contribution in [1.82, 2.24) is 4.90 Å². The third-order valence-corrected chi connectivity index (χ3v) is 3.81. The number of halogens is 1. The van der Waals surface area contributed by atoms with Crippen molar-refractivity contribution in [1.29, 1.82) is 0 Å². The van der Waals surface area contributed by atoms with Crippen LogP contribution in [0.25, 0.3) is 0 Å². The fraction of sp³-hybridized carbons (Fsp3) is 1.00. The molecule has 78 valence electrons. The Hall–Kier alpha value is 0.250. The largest absolute Gasteiger partial charge is 0.296 e. The van der Waals surface area contributed by atoms with Crippen LogP contribution in [-0.2, 0) is 0 Å². The molecule has 0 aromatic rings. The van der Waals surface area contributed by atoms with Crippen molar-refractivity contribution in [3.63, 3.8) is 0 Å². The lowest BCUT2D eigenvalue weighted by Gasteiger charge is -2.32. The molecule has 0 aromatic carbocycles. The Kier molecular flexibility index (Phi) is 4.54. The van der Waals surface area contributed by atoms with E-state index in [9.17, 15) is 0 Å². The van der Waals surface area contributed by atoms with Crippen LogP contribution in [0.15, 0.2) is 0 Å². The van der Waals surface area contributed by atoms with Crippen LogP contribution < -0.4 is 0 Å². The van der Waals surface area contributed by atoms with Gasteiger partial charge in [0, 0.05) is 18.0 Å². The van der Waals surface area contributed by atoms with E-state index in [1.165, 1.54) is 25.8 Å². The first-order valence-electron chi connectivity index (χ1n) is 5.56. The quantitative estimate of drug-likeness (QED) is 0.635. The van der Waals surface area contributed by atoms with Crippen LogP contribution in [-0.4, -0.2) is 29.4 Å². The van der Waals surface area contributed by atoms with Crippen LogP contribution >= 0.6 is 11.6 Å². The number of alkyl halides is 1. The number of hydrogen-bond donors (Lipinski definition) is 0. The van der Waals surface area contributed by atoms with Crippen molar-refractivity contribution in [2.45, 2.75) is 52.1 Å². The van der Waals surface area contributed by atoms with Gasteiger partial charge in [0.05, 0.1) is 0 Å². The maximum atomic E-state index is 6.01. The van der Waals surface area contributed by atoms with Crippen LogP contribution in [0.5, 0.6) is 0 Å². The van der Waals surface area contributed by atoms with Crippen molar-refractivity contribution < 1.29 is 0 Å². The number of likely N-dealkylation sites (tertiary alicyclic amines) is 1. The Labute approximate surface area is 87.4 Å². The summed E-state index contributed by atoms with van der Waals surface area (Å²) in [7, 11) is 0. The molecule has 0 saturated carbocycles. The monoisotopic (exact) mass is 203 g/mol. The van der Waals surface area contributed by atoms with Crippen molar-refractivity contribution >= 4 is 11.6 Å². The molecule has 2 atom stereocenters. The van der Waals surface area contributed by atoms with Gasteiger partial charge in [-0.05, 0) is 31.7 Å². The number of hydrogen-bond acceptors (Lipinski definition) is 1. The molecule has 0 aliphatic carbocycles. The van der Waals surface area contributed by atoms with Crippen LogP contribution in [0.2, 0.25) is 0 Å². The van der Waals surface area contributed by atoms with Gasteiger partial charge < -0.3 is 0 Å². The highest BCUT2D eigenvalue weighted by Gasteiger charge is 2.33. The van der Waals surface area contributed by atoms with E-state index in [2.05, 4.69) is 25.7 Å². The van der Waals surface area contributed by atoms with Crippen molar-refractivity contribution in [3.05, 3.63) is 0 Å². The molecule has 1 rings (SSSR count). The van der Waals surface area contributed by atoms with Gasteiger partial charge in [-0.3, -0.25) is 4.90 Å². The highest BCUT2D eigenvalue weighted by atomic mass is 35.5. The zero-order valence-electron chi connectivity index (χ0n) is 9.09. The highest BCUT2D eigenvalue weighted by Crippen LogP contribution is 2.28. The van der Waals surface area contributed by atoms with Gasteiger partial charge in [-0.15, -0.1) is 11.6 Å². The molecule has 1 heterocycles. The summed E-state index contributed by atoms with van der Waals surface area (Å²) in [6.45, 7) is 8.14. The summed E-state index contributed by atoms with van der Waals surface area (Å²) in [6, 6.07) is 1.39. The van der Waals surface area contributed by atoms with Gasteiger partial charge in [-0.25, -0.2) is 0 Å². The molecule has 1 aliphatic rings. The van der Waals surface area contributed by atoms with E-state index in [0.29, 0.717) is 6.04 Å². The maximum Gasteiger partial charge on any atom is 0.0382 e. The van der Waals surface area contributed by atoms with Gasteiger partial charge in [-0.1, -0.05) is 20.8 Å². The molecule has 0 radical (unpaired) electrons. The van der Waals surface area contributed by atoms with Crippen LogP contribution in [0.4, 0.5) is 0 Å². The normalized spacial score (nSPS) is 30.2. The first kappa shape index (κ1) is 11.3. The highest BCUT2D eigenvalue weighted by molar-refractivity contribution is 6.18. The van der Waals surface area contributed by atoms with Crippen LogP contribution in [0.1, 0.15) is 40.0 Å². The average Bonchev–Trinajstić information content (AvgIpc) is 2.50. The lowest BCUT2D eigenvalue weighted by atomic mass is 10.0. The Balaban J connectivity index is 2.57. The van der Waals surface area contributed by atoms with E-state index in [4.69, 9.17) is 11.6 Å². The van der Waals surface area contributed by atoms with E-state index in [1.807, 2.05) is 0 Å². The molecule has 13 heavy (non-hydrogen) atoms. The van der Waals surface area contributed by atoms with Crippen LogP contribution in [0.3, 0.4) is 0 Å². The summed E-state index contributed by atoms with van der Waals surface area (Å²) < 4.78 is 0. The smallest absolute Gasteiger partial charge is 0.0382 e. The van der Waals surface area contributed by atoms with E-state index in [0.717, 1.165) is 17.8 Å². The van der Waals surface area contributed by atoms with Crippen molar-refractivity contribution in [3.8, 4) is 0 Å². The fourth-order valence-electron chi connectivity index (χ4n) is 2.49. The molecule has 1 aliphatic heterocycles. The lowest BCUT2D eigenvalue weighted by molar-refractivity contribution is 0.168. The first-order chi connectivity index (χ1) is 6.24. The summed E-state index contributed by atoms with van der Waals surface area (Å²) in [6.07, 6.45) is 3.85. The first-order valence-corrected chi connectivity index (χ1v) is 6.09. The second-order valence-electron chi connectivity index (χ2n) is 4.20. The minimum absolute atomic E-state index is 0.631. The summed E-state index contributed by atoms with van der Waals surface area (Å²) in [4.78, 5) is 2.62. The number of rotatable bonds is 4. The van der Waals surface area contributed by atoms with Gasteiger partial charge in [0.25, 0.3) is 0 Å². The van der Waals surface area contributed by atoms with Gasteiger partial charge in [0.2, 0.25) is 0 Å². The summed E-state index contributed by atoms with van der Waals surface area (Å²) in [5, 5.41) is 0. The van der Waals surface area contributed by atoms with Crippen molar-refractivity contribution in [2.75, 3.05) is 12.4 Å². The summed E-state index contributed by atoms with van der Waals surface area (Å²) in [5.74, 6) is 1.59. The minimum Gasteiger partial charge on any atom is -0.296 e. The SMILES string of the molecule is CCC(CC)N1CCC(C)C1CCl. The molecule has 0 spiro atoms. The van der Waals surface area contributed by atoms with Gasteiger partial charge in [0.1, 0.15) is 0 Å². The standard InChI is InChI=1S/C11H22ClN/c1-4-10(5-2)13-7-6-9(3)11(13)8-12/h9-11H,4-8H2,1-3H3. The van der Waals surface area contributed by atoms with E-state index in [-0.39, 0.29) is 0 Å². The molecule has 2 unspecified atom stereocenters. The lowest BCUT2D eigenvalue weighted by Crippen LogP contribution is -2.41. The van der Waals surface area contributed by atoms with E-state index < -0.39 is 0 Å². The predicted octanol–water partition coefficient (Wildman–Crippen LogP) is 3.12. The third-order valence-electron chi connectivity index (χ3n) is 3.50. The summed E-state index contributed by atoms with van der Waals surface area (Å²) in [5.41, 5.74) is 0. The van der Waals surface area contributed by atoms with E-state index in [1.54, 1.807) is 0 Å². The van der Waals surface area contributed by atoms with Crippen molar-refractivity contribution in [2.24, 2.45) is 5.92 Å².